The van der Waals surface area contributed by atoms with Crippen LogP contribution < -0.4 is 10.0 Å². The fraction of sp³-hybridized carbons (Fsp3) is 0.458. The summed E-state index contributed by atoms with van der Waals surface area (Å²) in [6.07, 6.45) is 1.58. The average molecular weight is 465 g/mol. The molecule has 1 aliphatic rings. The van der Waals surface area contributed by atoms with Crippen molar-refractivity contribution in [1.82, 2.24) is 5.32 Å². The topological polar surface area (TPSA) is 75.3 Å². The van der Waals surface area contributed by atoms with Gasteiger partial charge in [-0.3, -0.25) is 9.52 Å². The molecule has 2 N–H and O–H groups in total. The van der Waals surface area contributed by atoms with Gasteiger partial charge in [-0.2, -0.15) is 0 Å². The third-order valence-electron chi connectivity index (χ3n) is 6.08. The average Bonchev–Trinajstić information content (AvgIpc) is 3.32. The van der Waals surface area contributed by atoms with Crippen molar-refractivity contribution in [2.75, 3.05) is 11.0 Å². The zero-order valence-corrected chi connectivity index (χ0v) is 20.0. The van der Waals surface area contributed by atoms with Gasteiger partial charge < -0.3 is 5.32 Å². The Morgan fingerprint density at radius 3 is 2.12 bits per heavy atom. The fourth-order valence-corrected chi connectivity index (χ4v) is 4.70. The van der Waals surface area contributed by atoms with Crippen molar-refractivity contribution in [3.05, 3.63) is 64.7 Å². The molecule has 32 heavy (non-hydrogen) atoms. The maximum Gasteiger partial charge on any atom is 0.229 e. The summed E-state index contributed by atoms with van der Waals surface area (Å²) in [5.74, 6) is -1.73. The van der Waals surface area contributed by atoms with Crippen LogP contribution >= 0.6 is 0 Å². The zero-order valence-electron chi connectivity index (χ0n) is 19.2. The number of hydrogen-bond acceptors (Lipinski definition) is 3. The van der Waals surface area contributed by atoms with E-state index in [2.05, 4.69) is 10.0 Å². The molecule has 2 aromatic carbocycles. The lowest BCUT2D eigenvalue weighted by atomic mass is 9.83. The molecule has 174 valence electrons. The van der Waals surface area contributed by atoms with E-state index in [0.29, 0.717) is 17.7 Å². The summed E-state index contributed by atoms with van der Waals surface area (Å²) in [4.78, 5) is 12.8. The Morgan fingerprint density at radius 1 is 1.12 bits per heavy atom. The normalized spacial score (nSPS) is 21.7. The molecule has 3 atom stereocenters. The highest BCUT2D eigenvalue weighted by atomic mass is 32.2. The Labute approximate surface area is 188 Å². The van der Waals surface area contributed by atoms with Gasteiger partial charge >= 0.3 is 0 Å². The van der Waals surface area contributed by atoms with Crippen molar-refractivity contribution in [1.29, 1.82) is 0 Å². The van der Waals surface area contributed by atoms with Crippen LogP contribution in [0.2, 0.25) is 0 Å². The van der Waals surface area contributed by atoms with Gasteiger partial charge in [-0.15, -0.1) is 0 Å². The Kier molecular flexibility index (Phi) is 6.15. The minimum absolute atomic E-state index is 0.0499. The molecule has 5 nitrogen and oxygen atoms in total. The van der Waals surface area contributed by atoms with Crippen molar-refractivity contribution in [3.8, 4) is 0 Å². The summed E-state index contributed by atoms with van der Waals surface area (Å²) < 4.78 is 54.4. The van der Waals surface area contributed by atoms with Crippen LogP contribution in [0, 0.1) is 17.6 Å². The molecule has 0 heterocycles. The molecule has 0 spiro atoms. The van der Waals surface area contributed by atoms with Crippen LogP contribution in [0.4, 0.5) is 14.5 Å². The van der Waals surface area contributed by atoms with E-state index in [4.69, 9.17) is 0 Å². The molecule has 0 bridgehead atoms. The van der Waals surface area contributed by atoms with Crippen LogP contribution in [0.1, 0.15) is 63.8 Å². The van der Waals surface area contributed by atoms with Crippen LogP contribution in [0.15, 0.2) is 36.4 Å². The third-order valence-corrected chi connectivity index (χ3v) is 6.68. The van der Waals surface area contributed by atoms with Gasteiger partial charge in [0, 0.05) is 22.6 Å². The molecule has 1 saturated carbocycles. The van der Waals surface area contributed by atoms with E-state index >= 15 is 0 Å². The molecule has 0 aliphatic heterocycles. The van der Waals surface area contributed by atoms with Crippen LogP contribution in [-0.4, -0.2) is 20.6 Å². The maximum absolute atomic E-state index is 14.7. The molecule has 8 heteroatoms. The number of anilines is 1. The Bertz CT molecular complexity index is 1120. The van der Waals surface area contributed by atoms with E-state index in [1.807, 2.05) is 13.8 Å². The van der Waals surface area contributed by atoms with Crippen molar-refractivity contribution in [2.45, 2.75) is 57.9 Å². The number of hydrogen-bond donors (Lipinski definition) is 2. The van der Waals surface area contributed by atoms with E-state index in [1.165, 1.54) is 12.1 Å². The molecule has 0 saturated heterocycles. The lowest BCUT2D eigenvalue weighted by Crippen LogP contribution is -2.30. The molecule has 2 unspecified atom stereocenters. The quantitative estimate of drug-likeness (QED) is 0.646. The molecule has 1 amide bonds. The predicted octanol–water partition coefficient (Wildman–Crippen LogP) is 4.79. The molecule has 1 fully saturated rings. The van der Waals surface area contributed by atoms with Crippen molar-refractivity contribution < 1.29 is 22.0 Å². The van der Waals surface area contributed by atoms with Gasteiger partial charge in [0.15, 0.2) is 0 Å². The van der Waals surface area contributed by atoms with Gasteiger partial charge in [0.25, 0.3) is 0 Å². The summed E-state index contributed by atoms with van der Waals surface area (Å²) in [6.45, 7) is 8.95. The van der Waals surface area contributed by atoms with Crippen molar-refractivity contribution in [3.63, 3.8) is 0 Å². The number of carbonyl (C=O) groups is 1. The molecule has 1 aliphatic carbocycles. The number of sulfonamides is 1. The van der Waals surface area contributed by atoms with Crippen LogP contribution in [0.3, 0.4) is 0 Å². The molecule has 2 aromatic rings. The lowest BCUT2D eigenvalue weighted by Gasteiger charge is -2.23. The number of halogens is 2. The van der Waals surface area contributed by atoms with Crippen molar-refractivity contribution >= 4 is 21.6 Å². The number of amides is 1. The smallest absolute Gasteiger partial charge is 0.229 e. The first-order valence-corrected chi connectivity index (χ1v) is 12.4. The Balaban J connectivity index is 1.70. The number of rotatable bonds is 6. The van der Waals surface area contributed by atoms with Gasteiger partial charge in [-0.25, -0.2) is 17.2 Å². The van der Waals surface area contributed by atoms with Gasteiger partial charge in [-0.05, 0) is 54.2 Å². The predicted molar refractivity (Wildman–Crippen MR) is 122 cm³/mol. The SMILES string of the molecule is CC(NC(=O)[C@@H]1CC1(C)c1cc(F)c(C(C)(C)C)c(F)c1)c1ccc(NS(C)(=O)=O)cc1. The standard InChI is InChI=1S/C24H30F2N2O3S/c1-14(15-7-9-17(10-8-15)28-32(6,30)31)27-22(29)18-13-24(18,5)16-11-19(25)21(20(26)12-16)23(2,3)4/h7-12,14,18,28H,13H2,1-6H3,(H,27,29)/t14?,18-,24?/m0/s1. The highest BCUT2D eigenvalue weighted by Crippen LogP contribution is 2.54. The summed E-state index contributed by atoms with van der Waals surface area (Å²) in [5.41, 5.74) is 0.512. The van der Waals surface area contributed by atoms with E-state index in [0.717, 1.165) is 11.8 Å². The summed E-state index contributed by atoms with van der Waals surface area (Å²) >= 11 is 0. The second-order valence-corrected chi connectivity index (χ2v) is 11.7. The van der Waals surface area contributed by atoms with Crippen LogP contribution in [0.25, 0.3) is 0 Å². The first-order chi connectivity index (χ1) is 14.6. The third kappa shape index (κ3) is 5.11. The Morgan fingerprint density at radius 2 is 1.66 bits per heavy atom. The minimum atomic E-state index is -3.36. The summed E-state index contributed by atoms with van der Waals surface area (Å²) in [5, 5.41) is 2.95. The fourth-order valence-electron chi connectivity index (χ4n) is 4.14. The highest BCUT2D eigenvalue weighted by molar-refractivity contribution is 7.92. The van der Waals surface area contributed by atoms with Gasteiger partial charge in [-0.1, -0.05) is 39.8 Å². The Hall–Kier alpha value is -2.48. The maximum atomic E-state index is 14.7. The summed E-state index contributed by atoms with van der Waals surface area (Å²) in [7, 11) is -3.36. The highest BCUT2D eigenvalue weighted by Gasteiger charge is 2.56. The van der Waals surface area contributed by atoms with Gasteiger partial charge in [0.2, 0.25) is 15.9 Å². The zero-order chi connectivity index (χ0) is 24.1. The molecule has 0 aromatic heterocycles. The van der Waals surface area contributed by atoms with E-state index < -0.39 is 32.5 Å². The number of benzene rings is 2. The first-order valence-electron chi connectivity index (χ1n) is 10.5. The largest absolute Gasteiger partial charge is 0.349 e. The number of nitrogens with one attached hydrogen (secondary N) is 2. The minimum Gasteiger partial charge on any atom is -0.349 e. The molecular weight excluding hydrogens is 434 g/mol. The molecule has 3 rings (SSSR count). The first kappa shape index (κ1) is 24.2. The molecule has 0 radical (unpaired) electrons. The van der Waals surface area contributed by atoms with Crippen LogP contribution in [-0.2, 0) is 25.6 Å². The lowest BCUT2D eigenvalue weighted by molar-refractivity contribution is -0.123. The second-order valence-electron chi connectivity index (χ2n) is 9.97. The van der Waals surface area contributed by atoms with E-state index in [1.54, 1.807) is 45.0 Å². The number of carbonyl (C=O) groups excluding carboxylic acids is 1. The molecular formula is C24H30F2N2O3S. The summed E-state index contributed by atoms with van der Waals surface area (Å²) in [6, 6.07) is 9.13. The second kappa shape index (κ2) is 8.14. The van der Waals surface area contributed by atoms with Crippen molar-refractivity contribution in [2.24, 2.45) is 5.92 Å². The van der Waals surface area contributed by atoms with Gasteiger partial charge in [0.05, 0.1) is 12.3 Å². The van der Waals surface area contributed by atoms with Gasteiger partial charge in [0.1, 0.15) is 11.6 Å². The van der Waals surface area contributed by atoms with Crippen LogP contribution in [0.5, 0.6) is 0 Å². The monoisotopic (exact) mass is 464 g/mol. The van der Waals surface area contributed by atoms with E-state index in [9.17, 15) is 22.0 Å². The van der Waals surface area contributed by atoms with E-state index in [-0.39, 0.29) is 23.4 Å².